The molecule has 2 aromatic rings. The number of aromatic nitrogens is 2. The fourth-order valence-corrected chi connectivity index (χ4v) is 2.94. The predicted molar refractivity (Wildman–Crippen MR) is 117 cm³/mol. The lowest BCUT2D eigenvalue weighted by molar-refractivity contribution is -0.155. The van der Waals surface area contributed by atoms with Crippen LogP contribution in [0.4, 0.5) is 0 Å². The zero-order valence-corrected chi connectivity index (χ0v) is 18.9. The first-order valence-electron chi connectivity index (χ1n) is 10.2. The van der Waals surface area contributed by atoms with Crippen molar-refractivity contribution in [3.8, 4) is 6.07 Å². The molecule has 0 aliphatic carbocycles. The smallest absolute Gasteiger partial charge is 0.311 e. The molecule has 0 saturated heterocycles. The van der Waals surface area contributed by atoms with Crippen LogP contribution in [0.25, 0.3) is 11.3 Å². The lowest BCUT2D eigenvalue weighted by Crippen LogP contribution is -2.15. The van der Waals surface area contributed by atoms with E-state index < -0.39 is 0 Å². The molecule has 0 saturated carbocycles. The zero-order chi connectivity index (χ0) is 22.5. The fourth-order valence-electron chi connectivity index (χ4n) is 2.94. The molecule has 0 aliphatic heterocycles. The molecule has 6 nitrogen and oxygen atoms in total. The number of ether oxygens (including phenoxy) is 2. The number of nitriles is 1. The summed E-state index contributed by atoms with van der Waals surface area (Å²) in [5.41, 5.74) is 3.77. The maximum Gasteiger partial charge on any atom is 0.311 e. The maximum atomic E-state index is 11.8. The molecule has 1 aromatic heterocycles. The second kappa shape index (κ2) is 9.62. The van der Waals surface area contributed by atoms with Crippen LogP contribution in [0, 0.1) is 24.2 Å². The van der Waals surface area contributed by atoms with Crippen molar-refractivity contribution < 1.29 is 14.3 Å². The van der Waals surface area contributed by atoms with E-state index in [9.17, 15) is 10.1 Å². The molecule has 1 heterocycles. The Morgan fingerprint density at radius 2 is 1.83 bits per heavy atom. The lowest BCUT2D eigenvalue weighted by Gasteiger charge is -2.19. The van der Waals surface area contributed by atoms with Crippen molar-refractivity contribution in [2.45, 2.75) is 60.4 Å². The van der Waals surface area contributed by atoms with E-state index in [0.717, 1.165) is 11.3 Å². The average Bonchev–Trinajstić information content (AvgIpc) is 3.07. The summed E-state index contributed by atoms with van der Waals surface area (Å²) >= 11 is 0. The number of rotatable bonds is 7. The highest BCUT2D eigenvalue weighted by Gasteiger charge is 2.20. The van der Waals surface area contributed by atoms with Crippen LogP contribution in [0.5, 0.6) is 0 Å². The van der Waals surface area contributed by atoms with Gasteiger partial charge in [-0.2, -0.15) is 10.4 Å². The van der Waals surface area contributed by atoms with Gasteiger partial charge in [0.25, 0.3) is 0 Å². The maximum absolute atomic E-state index is 11.8. The minimum atomic E-state index is -0.359. The molecule has 0 fully saturated rings. The van der Waals surface area contributed by atoms with Gasteiger partial charge in [-0.25, -0.2) is 0 Å². The van der Waals surface area contributed by atoms with Crippen LogP contribution in [0.15, 0.2) is 30.3 Å². The van der Waals surface area contributed by atoms with Crippen molar-refractivity contribution in [3.05, 3.63) is 52.8 Å². The molecule has 2 rings (SSSR count). The number of esters is 1. The van der Waals surface area contributed by atoms with Gasteiger partial charge in [-0.3, -0.25) is 9.48 Å². The molecule has 0 spiro atoms. The molecule has 0 radical (unpaired) electrons. The summed E-state index contributed by atoms with van der Waals surface area (Å²) in [4.78, 5) is 11.8. The van der Waals surface area contributed by atoms with Gasteiger partial charge in [0.15, 0.2) is 5.76 Å². The summed E-state index contributed by atoms with van der Waals surface area (Å²) < 4.78 is 12.8. The van der Waals surface area contributed by atoms with Gasteiger partial charge in [-0.15, -0.1) is 0 Å². The number of carbonyl (C=O) groups excluding carboxylic acids is 1. The number of allylic oxidation sites excluding steroid dienone is 1. The van der Waals surface area contributed by atoms with Gasteiger partial charge in [-0.05, 0) is 36.5 Å². The molecule has 0 aliphatic rings. The van der Waals surface area contributed by atoms with Crippen LogP contribution in [0.1, 0.15) is 64.1 Å². The minimum Gasteiger partial charge on any atom is -0.454 e. The van der Waals surface area contributed by atoms with Crippen LogP contribution in [0.2, 0.25) is 0 Å². The summed E-state index contributed by atoms with van der Waals surface area (Å²) in [7, 11) is 0. The van der Waals surface area contributed by atoms with E-state index in [0.29, 0.717) is 23.6 Å². The van der Waals surface area contributed by atoms with Crippen molar-refractivity contribution in [2.24, 2.45) is 5.92 Å². The third-order valence-electron chi connectivity index (χ3n) is 4.69. The topological polar surface area (TPSA) is 77.1 Å². The quantitative estimate of drug-likeness (QED) is 0.276. The Bertz CT molecular complexity index is 955. The van der Waals surface area contributed by atoms with E-state index in [4.69, 9.17) is 9.47 Å². The Morgan fingerprint density at radius 1 is 1.20 bits per heavy atom. The second-order valence-corrected chi connectivity index (χ2v) is 8.51. The van der Waals surface area contributed by atoms with Gasteiger partial charge in [-0.1, -0.05) is 58.9 Å². The Kier molecular flexibility index (Phi) is 7.44. The van der Waals surface area contributed by atoms with E-state index in [1.807, 2.05) is 44.2 Å². The number of hydrogen-bond acceptors (Lipinski definition) is 5. The Morgan fingerprint density at radius 3 is 2.33 bits per heavy atom. The third kappa shape index (κ3) is 5.50. The van der Waals surface area contributed by atoms with Gasteiger partial charge in [0.05, 0.1) is 11.6 Å². The molecule has 30 heavy (non-hydrogen) atoms. The van der Waals surface area contributed by atoms with Gasteiger partial charge in [0.2, 0.25) is 6.79 Å². The van der Waals surface area contributed by atoms with Crippen LogP contribution in [-0.2, 0) is 26.2 Å². The van der Waals surface area contributed by atoms with Crippen LogP contribution < -0.4 is 0 Å². The fraction of sp³-hybridized carbons (Fsp3) is 0.458. The largest absolute Gasteiger partial charge is 0.454 e. The Labute approximate surface area is 179 Å². The summed E-state index contributed by atoms with van der Waals surface area (Å²) in [5, 5.41) is 14.4. The van der Waals surface area contributed by atoms with E-state index >= 15 is 0 Å². The normalized spacial score (nSPS) is 12.4. The molecule has 0 amide bonds. The first-order chi connectivity index (χ1) is 14.1. The van der Waals surface area contributed by atoms with Gasteiger partial charge in [0, 0.05) is 6.54 Å². The molecule has 6 heteroatoms. The van der Waals surface area contributed by atoms with Crippen LogP contribution >= 0.6 is 0 Å². The summed E-state index contributed by atoms with van der Waals surface area (Å²) in [6.45, 7) is 14.1. The average molecular weight is 410 g/mol. The molecular weight excluding hydrogens is 378 g/mol. The summed E-state index contributed by atoms with van der Waals surface area (Å²) in [6, 6.07) is 12.0. The zero-order valence-electron chi connectivity index (χ0n) is 18.9. The monoisotopic (exact) mass is 409 g/mol. The highest BCUT2D eigenvalue weighted by atomic mass is 16.7. The number of aryl methyl sites for hydroxylation is 2. The molecule has 0 unspecified atom stereocenters. The van der Waals surface area contributed by atoms with Gasteiger partial charge >= 0.3 is 5.97 Å². The molecule has 160 valence electrons. The number of nitrogens with zero attached hydrogens (tertiary/aromatic N) is 3. The summed E-state index contributed by atoms with van der Waals surface area (Å²) in [6.07, 6.45) is 0. The van der Waals surface area contributed by atoms with Crippen molar-refractivity contribution in [2.75, 3.05) is 6.79 Å². The standard InChI is InChI=1S/C24H31N3O3/c1-8-27-21(13-17(4)26-27)22(29-15-30-23(28)16(2)3)20(14-25)18-9-11-19(12-10-18)24(5,6)7/h9-13,16H,8,15H2,1-7H3/b22-20-. The molecule has 1 aromatic carbocycles. The van der Waals surface area contributed by atoms with Gasteiger partial charge < -0.3 is 9.47 Å². The van der Waals surface area contributed by atoms with E-state index in [-0.39, 0.29) is 24.1 Å². The Hall–Kier alpha value is -3.07. The number of benzene rings is 1. The first kappa shape index (κ1) is 23.2. The highest BCUT2D eigenvalue weighted by molar-refractivity contribution is 5.94. The van der Waals surface area contributed by atoms with Crippen molar-refractivity contribution in [1.29, 1.82) is 5.26 Å². The molecule has 0 N–H and O–H groups in total. The van der Waals surface area contributed by atoms with E-state index in [1.54, 1.807) is 18.5 Å². The van der Waals surface area contributed by atoms with Crippen molar-refractivity contribution in [3.63, 3.8) is 0 Å². The van der Waals surface area contributed by atoms with E-state index in [1.165, 1.54) is 5.56 Å². The van der Waals surface area contributed by atoms with E-state index in [2.05, 4.69) is 31.9 Å². The van der Waals surface area contributed by atoms with Crippen molar-refractivity contribution in [1.82, 2.24) is 9.78 Å². The predicted octanol–water partition coefficient (Wildman–Crippen LogP) is 5.07. The SMILES string of the molecule is CCn1nc(C)cc1/C(OCOC(=O)C(C)C)=C(\C#N)c1ccc(C(C)(C)C)cc1. The third-order valence-corrected chi connectivity index (χ3v) is 4.69. The number of hydrogen-bond donors (Lipinski definition) is 0. The highest BCUT2D eigenvalue weighted by Crippen LogP contribution is 2.30. The molecular formula is C24H31N3O3. The van der Waals surface area contributed by atoms with Crippen LogP contribution in [-0.4, -0.2) is 22.5 Å². The number of carbonyl (C=O) groups is 1. The second-order valence-electron chi connectivity index (χ2n) is 8.51. The lowest BCUT2D eigenvalue weighted by atomic mass is 9.86. The molecule has 0 atom stereocenters. The van der Waals surface area contributed by atoms with Gasteiger partial charge in [0.1, 0.15) is 17.3 Å². The van der Waals surface area contributed by atoms with Crippen molar-refractivity contribution >= 4 is 17.3 Å². The summed E-state index contributed by atoms with van der Waals surface area (Å²) in [5.74, 6) is -0.271. The molecule has 0 bridgehead atoms. The minimum absolute atomic E-state index is 0.0113. The first-order valence-corrected chi connectivity index (χ1v) is 10.2. The Balaban J connectivity index is 2.52. The van der Waals surface area contributed by atoms with Crippen LogP contribution in [0.3, 0.4) is 0 Å².